The third-order valence-electron chi connectivity index (χ3n) is 5.08. The van der Waals surface area contributed by atoms with Crippen molar-refractivity contribution in [1.29, 1.82) is 0 Å². The second-order valence-electron chi connectivity index (χ2n) is 8.15. The van der Waals surface area contributed by atoms with E-state index in [0.717, 1.165) is 23.2 Å². The highest BCUT2D eigenvalue weighted by Gasteiger charge is 2.27. The van der Waals surface area contributed by atoms with Gasteiger partial charge in [-0.25, -0.2) is 0 Å². The van der Waals surface area contributed by atoms with Crippen LogP contribution in [0.15, 0.2) is 84.9 Å². The van der Waals surface area contributed by atoms with Crippen LogP contribution in [0.25, 0.3) is 0 Å². The van der Waals surface area contributed by atoms with E-state index in [9.17, 15) is 4.79 Å². The van der Waals surface area contributed by atoms with Crippen LogP contribution in [0.5, 0.6) is 0 Å². The molecule has 0 saturated heterocycles. The molecule has 0 aliphatic carbocycles. The molecule has 3 heteroatoms. The highest BCUT2D eigenvalue weighted by Crippen LogP contribution is 2.18. The van der Waals surface area contributed by atoms with Gasteiger partial charge in [0, 0.05) is 18.2 Å². The summed E-state index contributed by atoms with van der Waals surface area (Å²) in [5.74, 6) is 5.91. The van der Waals surface area contributed by atoms with Crippen molar-refractivity contribution >= 4 is 5.97 Å². The highest BCUT2D eigenvalue weighted by molar-refractivity contribution is 5.79. The van der Waals surface area contributed by atoms with Crippen molar-refractivity contribution < 1.29 is 9.53 Å². The van der Waals surface area contributed by atoms with Crippen LogP contribution in [-0.4, -0.2) is 5.97 Å². The summed E-state index contributed by atoms with van der Waals surface area (Å²) in [4.78, 5) is 12.5. The van der Waals surface area contributed by atoms with Crippen molar-refractivity contribution in [3.63, 3.8) is 0 Å². The number of ether oxygens (including phenoxy) is 1. The number of hydrogen-bond acceptors (Lipinski definition) is 3. The number of benzene rings is 3. The van der Waals surface area contributed by atoms with Gasteiger partial charge in [-0.3, -0.25) is 4.79 Å². The highest BCUT2D eigenvalue weighted by atomic mass is 16.5. The zero-order valence-corrected chi connectivity index (χ0v) is 18.4. The van der Waals surface area contributed by atoms with Gasteiger partial charge in [-0.1, -0.05) is 84.6 Å². The van der Waals surface area contributed by atoms with Crippen molar-refractivity contribution in [3.8, 4) is 11.8 Å². The molecule has 0 fully saturated rings. The Hall–Kier alpha value is -3.35. The Kier molecular flexibility index (Phi) is 7.65. The molecule has 0 aliphatic heterocycles. The Morgan fingerprint density at radius 3 is 2.29 bits per heavy atom. The number of rotatable bonds is 7. The number of esters is 1. The average molecular weight is 412 g/mol. The van der Waals surface area contributed by atoms with Gasteiger partial charge in [-0.2, -0.15) is 0 Å². The maximum Gasteiger partial charge on any atom is 0.324 e. The Balaban J connectivity index is 1.59. The molecule has 0 bridgehead atoms. The van der Waals surface area contributed by atoms with Gasteiger partial charge in [0.15, 0.2) is 0 Å². The van der Waals surface area contributed by atoms with Crippen molar-refractivity contribution in [2.45, 2.75) is 40.0 Å². The van der Waals surface area contributed by atoms with Gasteiger partial charge in [0.25, 0.3) is 0 Å². The van der Waals surface area contributed by atoms with Crippen LogP contribution in [-0.2, 0) is 22.7 Å². The van der Waals surface area contributed by atoms with Gasteiger partial charge in [-0.05, 0) is 49.6 Å². The van der Waals surface area contributed by atoms with Crippen LogP contribution in [0, 0.1) is 17.3 Å². The Morgan fingerprint density at radius 1 is 0.935 bits per heavy atom. The Morgan fingerprint density at radius 2 is 1.58 bits per heavy atom. The quantitative estimate of drug-likeness (QED) is 0.403. The standard InChI is InChI=1S/C28H29NO2/c1-22(26-15-8-5-9-16-26)29-20-25-14-10-13-23(19-25)17-18-28(2,3)27(30)31-21-24-11-6-4-7-12-24/h4-16,19,22,29H,20-21H2,1-3H3/t22-/m1/s1. The van der Waals surface area contributed by atoms with Gasteiger partial charge in [0.2, 0.25) is 0 Å². The number of hydrogen-bond donors (Lipinski definition) is 1. The summed E-state index contributed by atoms with van der Waals surface area (Å²) in [6.07, 6.45) is 0. The largest absolute Gasteiger partial charge is 0.460 e. The summed E-state index contributed by atoms with van der Waals surface area (Å²) < 4.78 is 5.46. The zero-order chi connectivity index (χ0) is 22.1. The molecule has 1 atom stereocenters. The molecule has 3 aromatic rings. The molecule has 3 aromatic carbocycles. The van der Waals surface area contributed by atoms with Gasteiger partial charge >= 0.3 is 5.97 Å². The first-order chi connectivity index (χ1) is 14.9. The van der Waals surface area contributed by atoms with Crippen LogP contribution < -0.4 is 5.32 Å². The summed E-state index contributed by atoms with van der Waals surface area (Å²) in [6.45, 7) is 6.74. The van der Waals surface area contributed by atoms with E-state index >= 15 is 0 Å². The van der Waals surface area contributed by atoms with E-state index in [2.05, 4.69) is 60.5 Å². The third kappa shape index (κ3) is 6.84. The summed E-state index contributed by atoms with van der Waals surface area (Å²) in [5.41, 5.74) is 3.37. The fourth-order valence-electron chi connectivity index (χ4n) is 3.07. The summed E-state index contributed by atoms with van der Waals surface area (Å²) in [5, 5.41) is 3.54. The van der Waals surface area contributed by atoms with Crippen LogP contribution in [0.2, 0.25) is 0 Å². The van der Waals surface area contributed by atoms with Gasteiger partial charge in [-0.15, -0.1) is 0 Å². The summed E-state index contributed by atoms with van der Waals surface area (Å²) >= 11 is 0. The minimum absolute atomic E-state index is 0.255. The van der Waals surface area contributed by atoms with E-state index in [1.54, 1.807) is 13.8 Å². The SMILES string of the molecule is C[C@@H](NCc1cccc(C#CC(C)(C)C(=O)OCc2ccccc2)c1)c1ccccc1. The van der Waals surface area contributed by atoms with Crippen molar-refractivity contribution in [3.05, 3.63) is 107 Å². The Labute approximate surface area is 185 Å². The number of carbonyl (C=O) groups is 1. The lowest BCUT2D eigenvalue weighted by Crippen LogP contribution is -2.24. The van der Waals surface area contributed by atoms with Gasteiger partial charge in [0.05, 0.1) is 0 Å². The minimum Gasteiger partial charge on any atom is -0.460 e. The van der Waals surface area contributed by atoms with Crippen LogP contribution >= 0.6 is 0 Å². The van der Waals surface area contributed by atoms with E-state index in [-0.39, 0.29) is 18.6 Å². The van der Waals surface area contributed by atoms with Crippen LogP contribution in [0.4, 0.5) is 0 Å². The fraction of sp³-hybridized carbons (Fsp3) is 0.250. The van der Waals surface area contributed by atoms with Crippen LogP contribution in [0.3, 0.4) is 0 Å². The predicted molar refractivity (Wildman–Crippen MR) is 125 cm³/mol. The van der Waals surface area contributed by atoms with E-state index in [1.165, 1.54) is 5.56 Å². The lowest BCUT2D eigenvalue weighted by Gasteiger charge is -2.16. The molecule has 0 aromatic heterocycles. The first-order valence-corrected chi connectivity index (χ1v) is 10.6. The molecule has 0 amide bonds. The molecule has 0 heterocycles. The zero-order valence-electron chi connectivity index (χ0n) is 18.4. The first kappa shape index (κ1) is 22.3. The first-order valence-electron chi connectivity index (χ1n) is 10.6. The maximum absolute atomic E-state index is 12.5. The molecule has 3 nitrogen and oxygen atoms in total. The molecule has 31 heavy (non-hydrogen) atoms. The predicted octanol–water partition coefficient (Wildman–Crippen LogP) is 5.66. The lowest BCUT2D eigenvalue weighted by atomic mass is 9.94. The van der Waals surface area contributed by atoms with E-state index in [1.807, 2.05) is 48.5 Å². The number of carbonyl (C=O) groups excluding carboxylic acids is 1. The molecule has 0 aliphatic rings. The molecule has 0 spiro atoms. The summed E-state index contributed by atoms with van der Waals surface area (Å²) in [7, 11) is 0. The fourth-order valence-corrected chi connectivity index (χ4v) is 3.07. The normalized spacial score (nSPS) is 11.8. The molecule has 3 rings (SSSR count). The average Bonchev–Trinajstić information content (AvgIpc) is 2.81. The van der Waals surface area contributed by atoms with E-state index < -0.39 is 5.41 Å². The topological polar surface area (TPSA) is 38.3 Å². The monoisotopic (exact) mass is 411 g/mol. The molecular formula is C28H29NO2. The summed E-state index contributed by atoms with van der Waals surface area (Å²) in [6, 6.07) is 28.4. The smallest absolute Gasteiger partial charge is 0.324 e. The minimum atomic E-state index is -0.884. The third-order valence-corrected chi connectivity index (χ3v) is 5.08. The second-order valence-corrected chi connectivity index (χ2v) is 8.15. The second kappa shape index (κ2) is 10.6. The molecule has 0 saturated carbocycles. The van der Waals surface area contributed by atoms with Crippen molar-refractivity contribution in [1.82, 2.24) is 5.32 Å². The van der Waals surface area contributed by atoms with E-state index in [4.69, 9.17) is 4.74 Å². The molecular weight excluding hydrogens is 382 g/mol. The van der Waals surface area contributed by atoms with Crippen molar-refractivity contribution in [2.24, 2.45) is 5.41 Å². The van der Waals surface area contributed by atoms with Crippen molar-refractivity contribution in [2.75, 3.05) is 0 Å². The molecule has 0 unspecified atom stereocenters. The van der Waals surface area contributed by atoms with Gasteiger partial charge in [0.1, 0.15) is 12.0 Å². The van der Waals surface area contributed by atoms with E-state index in [0.29, 0.717) is 0 Å². The number of nitrogens with one attached hydrogen (secondary N) is 1. The molecule has 158 valence electrons. The molecule has 0 radical (unpaired) electrons. The lowest BCUT2D eigenvalue weighted by molar-refractivity contribution is -0.152. The maximum atomic E-state index is 12.5. The van der Waals surface area contributed by atoms with Gasteiger partial charge < -0.3 is 10.1 Å². The molecule has 1 N–H and O–H groups in total. The Bertz CT molecular complexity index is 1050. The van der Waals surface area contributed by atoms with Crippen LogP contribution in [0.1, 0.15) is 49.1 Å².